The molecule has 1 heterocycles. The highest BCUT2D eigenvalue weighted by atomic mass is 19.1. The predicted octanol–water partition coefficient (Wildman–Crippen LogP) is 3.95. The summed E-state index contributed by atoms with van der Waals surface area (Å²) in [7, 11) is 1.62. The molecule has 1 aliphatic rings. The number of rotatable bonds is 7. The fraction of sp³-hybridized carbons (Fsp3) is 0.364. The summed E-state index contributed by atoms with van der Waals surface area (Å²) >= 11 is 0. The molecule has 1 N–H and O–H groups in total. The summed E-state index contributed by atoms with van der Waals surface area (Å²) in [5.41, 5.74) is 2.22. The van der Waals surface area contributed by atoms with Crippen LogP contribution in [0.15, 0.2) is 53.7 Å². The van der Waals surface area contributed by atoms with E-state index in [0.717, 1.165) is 17.0 Å². The Balaban J connectivity index is 1.67. The fourth-order valence-electron chi connectivity index (χ4n) is 3.12. The number of nitrogens with zero attached hydrogens (tertiary/aromatic N) is 2. The van der Waals surface area contributed by atoms with Crippen molar-refractivity contribution in [3.63, 3.8) is 0 Å². The van der Waals surface area contributed by atoms with Crippen molar-refractivity contribution in [1.82, 2.24) is 10.2 Å². The molecule has 0 saturated carbocycles. The van der Waals surface area contributed by atoms with E-state index >= 15 is 0 Å². The van der Waals surface area contributed by atoms with Crippen molar-refractivity contribution >= 4 is 11.7 Å². The number of hydrogen-bond donors (Lipinski definition) is 1. The summed E-state index contributed by atoms with van der Waals surface area (Å²) in [6.07, 6.45) is 0.270. The van der Waals surface area contributed by atoms with E-state index in [4.69, 9.17) is 9.57 Å². The molecule has 1 unspecified atom stereocenters. The minimum atomic E-state index is -0.336. The SMILES string of the molecule is COc1ccc(C2=NOC(CN(Cc3ccccc3F)C(=O)NC(C)C)C2)cc1. The third kappa shape index (κ3) is 5.47. The number of carbonyl (C=O) groups excluding carboxylic acids is 1. The Morgan fingerprint density at radius 1 is 1.28 bits per heavy atom. The van der Waals surface area contributed by atoms with Gasteiger partial charge < -0.3 is 19.8 Å². The van der Waals surface area contributed by atoms with Crippen LogP contribution in [-0.4, -0.2) is 42.4 Å². The van der Waals surface area contributed by atoms with Gasteiger partial charge >= 0.3 is 6.03 Å². The van der Waals surface area contributed by atoms with Crippen molar-refractivity contribution in [3.05, 3.63) is 65.5 Å². The molecule has 1 atom stereocenters. The molecule has 6 nitrogen and oxygen atoms in total. The normalized spacial score (nSPS) is 15.6. The topological polar surface area (TPSA) is 63.2 Å². The van der Waals surface area contributed by atoms with Crippen molar-refractivity contribution in [3.8, 4) is 5.75 Å². The van der Waals surface area contributed by atoms with Crippen LogP contribution in [0.4, 0.5) is 9.18 Å². The number of hydrogen-bond acceptors (Lipinski definition) is 4. The highest BCUT2D eigenvalue weighted by Crippen LogP contribution is 2.21. The third-order valence-corrected chi connectivity index (χ3v) is 4.60. The number of halogens is 1. The van der Waals surface area contributed by atoms with Crippen LogP contribution in [0.3, 0.4) is 0 Å². The zero-order chi connectivity index (χ0) is 20.8. The third-order valence-electron chi connectivity index (χ3n) is 4.60. The fourth-order valence-corrected chi connectivity index (χ4v) is 3.12. The Morgan fingerprint density at radius 3 is 2.66 bits per heavy atom. The van der Waals surface area contributed by atoms with Crippen LogP contribution in [0.2, 0.25) is 0 Å². The van der Waals surface area contributed by atoms with Gasteiger partial charge in [0.2, 0.25) is 0 Å². The predicted molar refractivity (Wildman–Crippen MR) is 109 cm³/mol. The molecule has 2 amide bonds. The van der Waals surface area contributed by atoms with Crippen LogP contribution in [0.1, 0.15) is 31.4 Å². The first-order valence-electron chi connectivity index (χ1n) is 9.62. The zero-order valence-electron chi connectivity index (χ0n) is 16.9. The monoisotopic (exact) mass is 399 g/mol. The van der Waals surface area contributed by atoms with Crippen LogP contribution in [0.25, 0.3) is 0 Å². The molecule has 154 valence electrons. The molecule has 7 heteroatoms. The first kappa shape index (κ1) is 20.6. The molecule has 0 aliphatic carbocycles. The van der Waals surface area contributed by atoms with Gasteiger partial charge in [-0.2, -0.15) is 0 Å². The first-order valence-corrected chi connectivity index (χ1v) is 9.62. The molecule has 0 fully saturated rings. The van der Waals surface area contributed by atoms with E-state index in [1.165, 1.54) is 6.07 Å². The molecule has 0 radical (unpaired) electrons. The molecule has 0 aromatic heterocycles. The molecule has 29 heavy (non-hydrogen) atoms. The Kier molecular flexibility index (Phi) is 6.69. The van der Waals surface area contributed by atoms with Crippen LogP contribution in [-0.2, 0) is 11.4 Å². The second-order valence-electron chi connectivity index (χ2n) is 7.27. The van der Waals surface area contributed by atoms with Crippen LogP contribution in [0, 0.1) is 5.82 Å². The highest BCUT2D eigenvalue weighted by molar-refractivity contribution is 6.01. The first-order chi connectivity index (χ1) is 14.0. The summed E-state index contributed by atoms with van der Waals surface area (Å²) in [5.74, 6) is 0.434. The lowest BCUT2D eigenvalue weighted by atomic mass is 10.0. The summed E-state index contributed by atoms with van der Waals surface area (Å²) in [6, 6.07) is 13.8. The molecule has 1 aliphatic heterocycles. The summed E-state index contributed by atoms with van der Waals surface area (Å²) < 4.78 is 19.3. The summed E-state index contributed by atoms with van der Waals surface area (Å²) in [6.45, 7) is 4.23. The maximum atomic E-state index is 14.1. The molecule has 0 bridgehead atoms. The van der Waals surface area contributed by atoms with Gasteiger partial charge in [0.05, 0.1) is 25.9 Å². The maximum Gasteiger partial charge on any atom is 0.318 e. The Bertz CT molecular complexity index is 868. The van der Waals surface area contributed by atoms with E-state index in [2.05, 4.69) is 10.5 Å². The number of ether oxygens (including phenoxy) is 1. The van der Waals surface area contributed by atoms with Crippen molar-refractivity contribution in [1.29, 1.82) is 0 Å². The van der Waals surface area contributed by atoms with E-state index < -0.39 is 0 Å². The lowest BCUT2D eigenvalue weighted by Crippen LogP contribution is -2.45. The van der Waals surface area contributed by atoms with Crippen LogP contribution < -0.4 is 10.1 Å². The molecule has 0 spiro atoms. The number of amides is 2. The van der Waals surface area contributed by atoms with Crippen molar-refractivity contribution in [2.24, 2.45) is 5.16 Å². The summed E-state index contributed by atoms with van der Waals surface area (Å²) in [5, 5.41) is 7.05. The molecule has 0 saturated heterocycles. The van der Waals surface area contributed by atoms with Gasteiger partial charge in [-0.1, -0.05) is 23.4 Å². The van der Waals surface area contributed by atoms with Gasteiger partial charge in [0.15, 0.2) is 6.10 Å². The molecular formula is C22H26FN3O3. The second-order valence-corrected chi connectivity index (χ2v) is 7.27. The van der Waals surface area contributed by atoms with E-state index in [0.29, 0.717) is 18.5 Å². The quantitative estimate of drug-likeness (QED) is 0.767. The number of nitrogens with one attached hydrogen (secondary N) is 1. The zero-order valence-corrected chi connectivity index (χ0v) is 16.9. The van der Waals surface area contributed by atoms with Crippen molar-refractivity contribution in [2.75, 3.05) is 13.7 Å². The Morgan fingerprint density at radius 2 is 2.00 bits per heavy atom. The van der Waals surface area contributed by atoms with Crippen molar-refractivity contribution < 1.29 is 18.8 Å². The summed E-state index contributed by atoms with van der Waals surface area (Å²) in [4.78, 5) is 19.8. The number of carbonyl (C=O) groups is 1. The van der Waals surface area contributed by atoms with Crippen molar-refractivity contribution in [2.45, 2.75) is 39.0 Å². The number of urea groups is 1. The molecule has 2 aromatic carbocycles. The largest absolute Gasteiger partial charge is 0.497 e. The van der Waals surface area contributed by atoms with E-state index in [9.17, 15) is 9.18 Å². The Labute approximate surface area is 170 Å². The lowest BCUT2D eigenvalue weighted by molar-refractivity contribution is 0.0584. The maximum absolute atomic E-state index is 14.1. The number of methoxy groups -OCH3 is 1. The molecule has 2 aromatic rings. The van der Waals surface area contributed by atoms with Gasteiger partial charge in [-0.05, 0) is 49.7 Å². The van der Waals surface area contributed by atoms with E-state index in [1.54, 1.807) is 30.2 Å². The van der Waals surface area contributed by atoms with Gasteiger partial charge in [0.1, 0.15) is 11.6 Å². The number of oxime groups is 1. The second kappa shape index (κ2) is 9.41. The molecular weight excluding hydrogens is 373 g/mol. The van der Waals surface area contributed by atoms with Gasteiger partial charge in [-0.25, -0.2) is 9.18 Å². The van der Waals surface area contributed by atoms with Gasteiger partial charge in [0.25, 0.3) is 0 Å². The van der Waals surface area contributed by atoms with Crippen LogP contribution in [0.5, 0.6) is 5.75 Å². The minimum absolute atomic E-state index is 0.0266. The standard InChI is InChI=1S/C22H26FN3O3/c1-15(2)24-22(27)26(13-17-6-4-5-7-20(17)23)14-19-12-21(25-29-19)16-8-10-18(28-3)11-9-16/h4-11,15,19H,12-14H2,1-3H3,(H,24,27). The minimum Gasteiger partial charge on any atom is -0.497 e. The smallest absolute Gasteiger partial charge is 0.318 e. The number of benzene rings is 2. The van der Waals surface area contributed by atoms with Gasteiger partial charge in [0, 0.05) is 18.0 Å². The molecule has 3 rings (SSSR count). The lowest BCUT2D eigenvalue weighted by Gasteiger charge is -2.26. The average Bonchev–Trinajstić information content (AvgIpc) is 3.17. The van der Waals surface area contributed by atoms with Crippen LogP contribution >= 0.6 is 0 Å². The average molecular weight is 399 g/mol. The Hall–Kier alpha value is -3.09. The van der Waals surface area contributed by atoms with Gasteiger partial charge in [-0.3, -0.25) is 0 Å². The van der Waals surface area contributed by atoms with Gasteiger partial charge in [-0.15, -0.1) is 0 Å². The van der Waals surface area contributed by atoms with E-state index in [-0.39, 0.29) is 30.5 Å². The van der Waals surface area contributed by atoms with E-state index in [1.807, 2.05) is 38.1 Å². The highest BCUT2D eigenvalue weighted by Gasteiger charge is 2.27.